The highest BCUT2D eigenvalue weighted by molar-refractivity contribution is 5.80. The molecule has 0 bridgehead atoms. The van der Waals surface area contributed by atoms with Crippen LogP contribution in [0, 0.1) is 0 Å². The molecule has 1 aromatic carbocycles. The topological polar surface area (TPSA) is 66.0 Å². The molecule has 0 unspecified atom stereocenters. The number of hydrogen-bond donors (Lipinski definition) is 2. The summed E-state index contributed by atoms with van der Waals surface area (Å²) >= 11 is 0. The molecule has 6 nitrogen and oxygen atoms in total. The Kier molecular flexibility index (Phi) is 10.1. The lowest BCUT2D eigenvalue weighted by Gasteiger charge is -2.22. The Bertz CT molecular complexity index is 491. The molecule has 0 atom stereocenters. The molecular formula is C18H30N4O2. The third-order valence-corrected chi connectivity index (χ3v) is 3.31. The van der Waals surface area contributed by atoms with E-state index in [1.54, 1.807) is 0 Å². The fourth-order valence-electron chi connectivity index (χ4n) is 2.01. The van der Waals surface area contributed by atoms with E-state index >= 15 is 0 Å². The number of aliphatic imine (C=N–C) groups is 1. The molecule has 1 aromatic rings. The zero-order chi connectivity index (χ0) is 17.6. The number of ether oxygens (including phenoxy) is 1. The molecule has 0 aliphatic rings. The first kappa shape index (κ1) is 19.8. The minimum atomic E-state index is 0.0477. The van der Waals surface area contributed by atoms with Gasteiger partial charge in [-0.3, -0.25) is 9.79 Å². The van der Waals surface area contributed by atoms with Crippen LogP contribution in [-0.2, 0) is 4.79 Å². The maximum atomic E-state index is 11.6. The first-order valence-electron chi connectivity index (χ1n) is 8.61. The number of guanidine groups is 1. The van der Waals surface area contributed by atoms with E-state index in [-0.39, 0.29) is 5.91 Å². The minimum absolute atomic E-state index is 0.0477. The molecule has 0 radical (unpaired) electrons. The number of likely N-dealkylation sites (N-methyl/N-ethyl adjacent to an activating group) is 1. The van der Waals surface area contributed by atoms with Crippen LogP contribution >= 0.6 is 0 Å². The van der Waals surface area contributed by atoms with Gasteiger partial charge in [0.05, 0.1) is 13.1 Å². The van der Waals surface area contributed by atoms with Gasteiger partial charge in [0, 0.05) is 26.6 Å². The quantitative estimate of drug-likeness (QED) is 0.506. The molecule has 0 saturated carbocycles. The third-order valence-electron chi connectivity index (χ3n) is 3.31. The zero-order valence-corrected chi connectivity index (χ0v) is 15.0. The number of hydrogen-bond acceptors (Lipinski definition) is 3. The largest absolute Gasteiger partial charge is 0.492 e. The molecule has 0 aliphatic heterocycles. The Morgan fingerprint density at radius 1 is 1.21 bits per heavy atom. The van der Waals surface area contributed by atoms with Crippen LogP contribution in [0.2, 0.25) is 0 Å². The van der Waals surface area contributed by atoms with Gasteiger partial charge in [-0.25, -0.2) is 0 Å². The molecule has 0 aliphatic carbocycles. The number of para-hydroxylation sites is 1. The van der Waals surface area contributed by atoms with Gasteiger partial charge in [-0.15, -0.1) is 0 Å². The predicted molar refractivity (Wildman–Crippen MR) is 98.5 cm³/mol. The van der Waals surface area contributed by atoms with Crippen molar-refractivity contribution in [1.29, 1.82) is 0 Å². The molecule has 24 heavy (non-hydrogen) atoms. The summed E-state index contributed by atoms with van der Waals surface area (Å²) in [5.41, 5.74) is 0. The number of nitrogens with zero attached hydrogens (tertiary/aromatic N) is 2. The second kappa shape index (κ2) is 12.2. The molecule has 2 N–H and O–H groups in total. The first-order chi connectivity index (χ1) is 11.7. The monoisotopic (exact) mass is 334 g/mol. The van der Waals surface area contributed by atoms with E-state index in [4.69, 9.17) is 4.74 Å². The number of benzene rings is 1. The first-order valence-corrected chi connectivity index (χ1v) is 8.61. The van der Waals surface area contributed by atoms with E-state index in [1.807, 2.05) is 56.1 Å². The molecular weight excluding hydrogens is 304 g/mol. The minimum Gasteiger partial charge on any atom is -0.492 e. The molecule has 134 valence electrons. The molecule has 1 amide bonds. The summed E-state index contributed by atoms with van der Waals surface area (Å²) in [6, 6.07) is 9.75. The van der Waals surface area contributed by atoms with Crippen LogP contribution in [0.15, 0.2) is 35.3 Å². The SMILES string of the molecule is CCCNC(=O)CCN=C(NCC)N(C)CCOc1ccccc1. The van der Waals surface area contributed by atoms with Crippen LogP contribution in [-0.4, -0.2) is 56.6 Å². The highest BCUT2D eigenvalue weighted by Gasteiger charge is 2.06. The van der Waals surface area contributed by atoms with Gasteiger partial charge in [-0.1, -0.05) is 25.1 Å². The lowest BCUT2D eigenvalue weighted by molar-refractivity contribution is -0.120. The van der Waals surface area contributed by atoms with E-state index in [9.17, 15) is 4.79 Å². The second-order valence-electron chi connectivity index (χ2n) is 5.42. The van der Waals surface area contributed by atoms with Gasteiger partial charge in [0.15, 0.2) is 5.96 Å². The highest BCUT2D eigenvalue weighted by atomic mass is 16.5. The van der Waals surface area contributed by atoms with Crippen LogP contribution in [0.5, 0.6) is 5.75 Å². The van der Waals surface area contributed by atoms with Crippen molar-refractivity contribution in [3.8, 4) is 5.75 Å². The van der Waals surface area contributed by atoms with Crippen molar-refractivity contribution in [1.82, 2.24) is 15.5 Å². The normalized spacial score (nSPS) is 11.0. The summed E-state index contributed by atoms with van der Waals surface area (Å²) < 4.78 is 5.70. The number of carbonyl (C=O) groups is 1. The smallest absolute Gasteiger partial charge is 0.221 e. The van der Waals surface area contributed by atoms with Crippen molar-refractivity contribution < 1.29 is 9.53 Å². The number of amides is 1. The van der Waals surface area contributed by atoms with Crippen molar-refractivity contribution in [3.63, 3.8) is 0 Å². The van der Waals surface area contributed by atoms with Gasteiger partial charge in [0.2, 0.25) is 5.91 Å². The molecule has 6 heteroatoms. The molecule has 1 rings (SSSR count). The van der Waals surface area contributed by atoms with Crippen LogP contribution < -0.4 is 15.4 Å². The van der Waals surface area contributed by atoms with Gasteiger partial charge in [0.25, 0.3) is 0 Å². The maximum Gasteiger partial charge on any atom is 0.221 e. The fraction of sp³-hybridized carbons (Fsp3) is 0.556. The average molecular weight is 334 g/mol. The summed E-state index contributed by atoms with van der Waals surface area (Å²) in [6.45, 7) is 7.32. The summed E-state index contributed by atoms with van der Waals surface area (Å²) in [5, 5.41) is 6.09. The summed E-state index contributed by atoms with van der Waals surface area (Å²) in [6.07, 6.45) is 1.35. The average Bonchev–Trinajstić information content (AvgIpc) is 2.60. The Balaban J connectivity index is 2.38. The Morgan fingerprint density at radius 3 is 2.62 bits per heavy atom. The molecule has 0 spiro atoms. The van der Waals surface area contributed by atoms with Crippen molar-refractivity contribution in [2.24, 2.45) is 4.99 Å². The van der Waals surface area contributed by atoms with Crippen molar-refractivity contribution in [2.45, 2.75) is 26.7 Å². The Morgan fingerprint density at radius 2 is 1.96 bits per heavy atom. The molecule has 0 saturated heterocycles. The maximum absolute atomic E-state index is 11.6. The van der Waals surface area contributed by atoms with Crippen LogP contribution in [0.1, 0.15) is 26.7 Å². The summed E-state index contributed by atoms with van der Waals surface area (Å²) in [5.74, 6) is 1.70. The number of rotatable bonds is 10. The Hall–Kier alpha value is -2.24. The predicted octanol–water partition coefficient (Wildman–Crippen LogP) is 1.88. The van der Waals surface area contributed by atoms with Crippen molar-refractivity contribution >= 4 is 11.9 Å². The molecule has 0 heterocycles. The summed E-state index contributed by atoms with van der Waals surface area (Å²) in [7, 11) is 1.97. The lowest BCUT2D eigenvalue weighted by atomic mass is 10.3. The fourth-order valence-corrected chi connectivity index (χ4v) is 2.01. The van der Waals surface area contributed by atoms with E-state index < -0.39 is 0 Å². The Labute approximate surface area is 145 Å². The van der Waals surface area contributed by atoms with E-state index in [0.29, 0.717) is 26.1 Å². The van der Waals surface area contributed by atoms with Crippen molar-refractivity contribution in [3.05, 3.63) is 30.3 Å². The van der Waals surface area contributed by atoms with Gasteiger partial charge in [-0.05, 0) is 25.5 Å². The van der Waals surface area contributed by atoms with Crippen LogP contribution in [0.4, 0.5) is 0 Å². The van der Waals surface area contributed by atoms with Crippen molar-refractivity contribution in [2.75, 3.05) is 39.8 Å². The molecule has 0 aromatic heterocycles. The van der Waals surface area contributed by atoms with Gasteiger partial charge in [-0.2, -0.15) is 0 Å². The van der Waals surface area contributed by atoms with E-state index in [2.05, 4.69) is 15.6 Å². The molecule has 0 fully saturated rings. The zero-order valence-electron chi connectivity index (χ0n) is 15.0. The van der Waals surface area contributed by atoms with Crippen LogP contribution in [0.25, 0.3) is 0 Å². The summed E-state index contributed by atoms with van der Waals surface area (Å²) in [4.78, 5) is 18.1. The highest BCUT2D eigenvalue weighted by Crippen LogP contribution is 2.07. The van der Waals surface area contributed by atoms with Gasteiger partial charge >= 0.3 is 0 Å². The third kappa shape index (κ3) is 8.41. The van der Waals surface area contributed by atoms with E-state index in [1.165, 1.54) is 0 Å². The number of carbonyl (C=O) groups excluding carboxylic acids is 1. The van der Waals surface area contributed by atoms with Gasteiger partial charge < -0.3 is 20.3 Å². The standard InChI is InChI=1S/C18H30N4O2/c1-4-12-20-17(23)11-13-21-18(19-5-2)22(3)14-15-24-16-9-7-6-8-10-16/h6-10H,4-5,11-15H2,1-3H3,(H,19,21)(H,20,23). The van der Waals surface area contributed by atoms with Crippen LogP contribution in [0.3, 0.4) is 0 Å². The van der Waals surface area contributed by atoms with Gasteiger partial charge in [0.1, 0.15) is 12.4 Å². The lowest BCUT2D eigenvalue weighted by Crippen LogP contribution is -2.41. The van der Waals surface area contributed by atoms with E-state index in [0.717, 1.165) is 31.2 Å². The number of nitrogens with one attached hydrogen (secondary N) is 2. The second-order valence-corrected chi connectivity index (χ2v) is 5.42.